The zero-order valence-electron chi connectivity index (χ0n) is 10.9. The molecule has 3 heteroatoms. The fraction of sp³-hybridized carbons (Fsp3) is 0.333. The van der Waals surface area contributed by atoms with Crippen LogP contribution in [0.4, 0.5) is 5.82 Å². The van der Waals surface area contributed by atoms with Crippen LogP contribution < -0.4 is 5.32 Å². The summed E-state index contributed by atoms with van der Waals surface area (Å²) >= 11 is 0. The van der Waals surface area contributed by atoms with Crippen molar-refractivity contribution in [2.24, 2.45) is 0 Å². The second kappa shape index (κ2) is 6.15. The van der Waals surface area contributed by atoms with Crippen LogP contribution in [0.5, 0.6) is 0 Å². The first-order valence-electron chi connectivity index (χ1n) is 6.34. The number of nitrogens with zero attached hydrogens (tertiary/aromatic N) is 2. The Morgan fingerprint density at radius 3 is 2.72 bits per heavy atom. The topological polar surface area (TPSA) is 37.8 Å². The first-order valence-corrected chi connectivity index (χ1v) is 6.34. The smallest absolute Gasteiger partial charge is 0.148 e. The maximum absolute atomic E-state index is 4.05. The van der Waals surface area contributed by atoms with Crippen LogP contribution in [-0.2, 0) is 0 Å². The van der Waals surface area contributed by atoms with Crippen molar-refractivity contribution in [2.75, 3.05) is 11.9 Å². The van der Waals surface area contributed by atoms with Gasteiger partial charge >= 0.3 is 0 Å². The Bertz CT molecular complexity index is 482. The molecule has 1 unspecified atom stereocenters. The summed E-state index contributed by atoms with van der Waals surface area (Å²) in [6, 6.07) is 12.6. The van der Waals surface area contributed by atoms with E-state index in [9.17, 15) is 0 Å². The molecular weight excluding hydrogens is 222 g/mol. The van der Waals surface area contributed by atoms with Gasteiger partial charge in [-0.05, 0) is 36.5 Å². The maximum atomic E-state index is 4.05. The second-order valence-corrected chi connectivity index (χ2v) is 4.65. The van der Waals surface area contributed by atoms with Gasteiger partial charge in [0.1, 0.15) is 5.82 Å². The summed E-state index contributed by atoms with van der Waals surface area (Å²) in [5.74, 6) is 1.41. The molecule has 2 aromatic rings. The average Bonchev–Trinajstić information content (AvgIpc) is 2.40. The number of nitrogens with one attached hydrogen (secondary N) is 1. The van der Waals surface area contributed by atoms with E-state index < -0.39 is 0 Å². The van der Waals surface area contributed by atoms with E-state index in [1.807, 2.05) is 13.0 Å². The van der Waals surface area contributed by atoms with Gasteiger partial charge in [0.05, 0.1) is 6.20 Å². The summed E-state index contributed by atoms with van der Waals surface area (Å²) in [4.78, 5) is 0. The molecule has 0 saturated heterocycles. The van der Waals surface area contributed by atoms with Gasteiger partial charge in [-0.3, -0.25) is 0 Å². The number of aryl methyl sites for hydroxylation is 1. The lowest BCUT2D eigenvalue weighted by molar-refractivity contribution is 0.704. The highest BCUT2D eigenvalue weighted by Gasteiger charge is 2.04. The molecule has 0 saturated carbocycles. The van der Waals surface area contributed by atoms with E-state index in [-0.39, 0.29) is 0 Å². The summed E-state index contributed by atoms with van der Waals surface area (Å²) in [6.45, 7) is 5.18. The van der Waals surface area contributed by atoms with E-state index in [1.54, 1.807) is 6.20 Å². The summed E-state index contributed by atoms with van der Waals surface area (Å²) in [6.07, 6.45) is 2.84. The van der Waals surface area contributed by atoms with Crippen molar-refractivity contribution < 1.29 is 0 Å². The van der Waals surface area contributed by atoms with E-state index in [0.29, 0.717) is 5.92 Å². The van der Waals surface area contributed by atoms with Crippen LogP contribution in [0.25, 0.3) is 0 Å². The van der Waals surface area contributed by atoms with Crippen molar-refractivity contribution in [3.8, 4) is 0 Å². The van der Waals surface area contributed by atoms with Crippen molar-refractivity contribution in [1.29, 1.82) is 0 Å². The minimum Gasteiger partial charge on any atom is -0.369 e. The first kappa shape index (κ1) is 12.6. The van der Waals surface area contributed by atoms with E-state index in [4.69, 9.17) is 0 Å². The standard InChI is InChI=1S/C15H19N3/c1-12-10-15(18-17-11-12)16-9-8-13(2)14-6-4-3-5-7-14/h3-7,10-11,13H,8-9H2,1-2H3,(H,16,18). The van der Waals surface area contributed by atoms with Crippen LogP contribution in [0.15, 0.2) is 42.6 Å². The molecular formula is C15H19N3. The third kappa shape index (κ3) is 3.55. The average molecular weight is 241 g/mol. The monoisotopic (exact) mass is 241 g/mol. The van der Waals surface area contributed by atoms with Crippen molar-refractivity contribution in [2.45, 2.75) is 26.2 Å². The highest BCUT2D eigenvalue weighted by Crippen LogP contribution is 2.18. The Labute approximate surface area is 108 Å². The fourth-order valence-corrected chi connectivity index (χ4v) is 1.92. The number of benzene rings is 1. The van der Waals surface area contributed by atoms with Gasteiger partial charge in [0, 0.05) is 6.54 Å². The fourth-order valence-electron chi connectivity index (χ4n) is 1.92. The van der Waals surface area contributed by atoms with Crippen molar-refractivity contribution >= 4 is 5.82 Å². The quantitative estimate of drug-likeness (QED) is 0.872. The van der Waals surface area contributed by atoms with Gasteiger partial charge in [-0.1, -0.05) is 37.3 Å². The van der Waals surface area contributed by atoms with Crippen LogP contribution in [0.3, 0.4) is 0 Å². The van der Waals surface area contributed by atoms with Crippen LogP contribution in [-0.4, -0.2) is 16.7 Å². The maximum Gasteiger partial charge on any atom is 0.148 e. The SMILES string of the molecule is Cc1cnnc(NCCC(C)c2ccccc2)c1. The zero-order valence-corrected chi connectivity index (χ0v) is 10.9. The number of rotatable bonds is 5. The molecule has 0 amide bonds. The largest absolute Gasteiger partial charge is 0.369 e. The second-order valence-electron chi connectivity index (χ2n) is 4.65. The Balaban J connectivity index is 1.82. The molecule has 1 N–H and O–H groups in total. The highest BCUT2D eigenvalue weighted by molar-refractivity contribution is 5.34. The number of hydrogen-bond donors (Lipinski definition) is 1. The Hall–Kier alpha value is -1.90. The lowest BCUT2D eigenvalue weighted by Crippen LogP contribution is -2.07. The van der Waals surface area contributed by atoms with E-state index in [1.165, 1.54) is 5.56 Å². The molecule has 94 valence electrons. The normalized spacial score (nSPS) is 12.1. The molecule has 0 aliphatic rings. The molecule has 1 aromatic carbocycles. The molecule has 2 rings (SSSR count). The molecule has 0 aliphatic carbocycles. The number of aromatic nitrogens is 2. The van der Waals surface area contributed by atoms with Crippen molar-refractivity contribution in [3.63, 3.8) is 0 Å². The molecule has 1 atom stereocenters. The Morgan fingerprint density at radius 2 is 2.00 bits per heavy atom. The molecule has 0 aliphatic heterocycles. The molecule has 0 fully saturated rings. The molecule has 0 spiro atoms. The first-order chi connectivity index (χ1) is 8.75. The molecule has 3 nitrogen and oxygen atoms in total. The zero-order chi connectivity index (χ0) is 12.8. The molecule has 0 radical (unpaired) electrons. The number of anilines is 1. The lowest BCUT2D eigenvalue weighted by Gasteiger charge is -2.12. The molecule has 1 heterocycles. The summed E-state index contributed by atoms with van der Waals surface area (Å²) in [7, 11) is 0. The molecule has 18 heavy (non-hydrogen) atoms. The predicted molar refractivity (Wildman–Crippen MR) is 74.7 cm³/mol. The third-order valence-corrected chi connectivity index (χ3v) is 3.04. The minimum atomic E-state index is 0.552. The van der Waals surface area contributed by atoms with Crippen LogP contribution in [0.2, 0.25) is 0 Å². The van der Waals surface area contributed by atoms with E-state index in [0.717, 1.165) is 24.3 Å². The molecule has 1 aromatic heterocycles. The Morgan fingerprint density at radius 1 is 1.22 bits per heavy atom. The van der Waals surface area contributed by atoms with Crippen LogP contribution in [0, 0.1) is 6.92 Å². The van der Waals surface area contributed by atoms with Crippen LogP contribution in [0.1, 0.15) is 30.4 Å². The van der Waals surface area contributed by atoms with Gasteiger partial charge in [-0.25, -0.2) is 0 Å². The van der Waals surface area contributed by atoms with E-state index in [2.05, 4.69) is 52.8 Å². The van der Waals surface area contributed by atoms with E-state index >= 15 is 0 Å². The van der Waals surface area contributed by atoms with Crippen molar-refractivity contribution in [1.82, 2.24) is 10.2 Å². The number of hydrogen-bond acceptors (Lipinski definition) is 3. The third-order valence-electron chi connectivity index (χ3n) is 3.04. The summed E-state index contributed by atoms with van der Waals surface area (Å²) in [5.41, 5.74) is 2.51. The Kier molecular flexibility index (Phi) is 4.29. The highest BCUT2D eigenvalue weighted by atomic mass is 15.2. The minimum absolute atomic E-state index is 0.552. The van der Waals surface area contributed by atoms with Gasteiger partial charge in [0.25, 0.3) is 0 Å². The van der Waals surface area contributed by atoms with Gasteiger partial charge in [-0.2, -0.15) is 5.10 Å². The summed E-state index contributed by atoms with van der Waals surface area (Å²) < 4.78 is 0. The predicted octanol–water partition coefficient (Wildman–Crippen LogP) is 3.39. The van der Waals surface area contributed by atoms with Gasteiger partial charge < -0.3 is 5.32 Å². The molecule has 0 bridgehead atoms. The summed E-state index contributed by atoms with van der Waals surface area (Å²) in [5, 5.41) is 11.3. The lowest BCUT2D eigenvalue weighted by atomic mass is 9.98. The van der Waals surface area contributed by atoms with Crippen LogP contribution >= 0.6 is 0 Å². The van der Waals surface area contributed by atoms with Gasteiger partial charge in [0.2, 0.25) is 0 Å². The van der Waals surface area contributed by atoms with Gasteiger partial charge in [-0.15, -0.1) is 5.10 Å². The van der Waals surface area contributed by atoms with Crippen molar-refractivity contribution in [3.05, 3.63) is 53.7 Å². The van der Waals surface area contributed by atoms with Gasteiger partial charge in [0.15, 0.2) is 0 Å².